The third-order valence-corrected chi connectivity index (χ3v) is 2.29. The number of aliphatic hydroxyl groups is 1. The number of ether oxygens (including phenoxy) is 2. The van der Waals surface area contributed by atoms with E-state index in [2.05, 4.69) is 5.32 Å². The standard InChI is InChI=1S/C13H18N2O3/c1-17-7-6-15-9-12(16)10-18-13-4-2-11(8-14)3-5-13/h2-5,12,15-16H,6-7,9-10H2,1H3/t12-/m0/s1. The molecule has 0 saturated heterocycles. The molecule has 0 heterocycles. The Bertz CT molecular complexity index is 373. The fourth-order valence-corrected chi connectivity index (χ4v) is 1.32. The summed E-state index contributed by atoms with van der Waals surface area (Å²) >= 11 is 0. The first kappa shape index (κ1) is 14.5. The van der Waals surface area contributed by atoms with Gasteiger partial charge in [0.2, 0.25) is 0 Å². The third-order valence-electron chi connectivity index (χ3n) is 2.29. The van der Waals surface area contributed by atoms with Crippen LogP contribution in [0, 0.1) is 11.3 Å². The van der Waals surface area contributed by atoms with Gasteiger partial charge in [0, 0.05) is 20.2 Å². The molecule has 0 unspecified atom stereocenters. The number of benzene rings is 1. The van der Waals surface area contributed by atoms with E-state index in [1.165, 1.54) is 0 Å². The maximum absolute atomic E-state index is 9.63. The van der Waals surface area contributed by atoms with Gasteiger partial charge in [-0.3, -0.25) is 0 Å². The number of aliphatic hydroxyl groups excluding tert-OH is 1. The predicted molar refractivity (Wildman–Crippen MR) is 67.4 cm³/mol. The Hall–Kier alpha value is -1.61. The summed E-state index contributed by atoms with van der Waals surface area (Å²) in [5.74, 6) is 0.643. The maximum atomic E-state index is 9.63. The van der Waals surface area contributed by atoms with E-state index >= 15 is 0 Å². The lowest BCUT2D eigenvalue weighted by molar-refractivity contribution is 0.103. The minimum absolute atomic E-state index is 0.214. The molecule has 0 bridgehead atoms. The molecule has 0 aromatic heterocycles. The monoisotopic (exact) mass is 250 g/mol. The average Bonchev–Trinajstić information content (AvgIpc) is 2.42. The zero-order chi connectivity index (χ0) is 13.2. The molecule has 1 aromatic carbocycles. The summed E-state index contributed by atoms with van der Waals surface area (Å²) in [5, 5.41) is 21.3. The SMILES string of the molecule is COCCNC[C@H](O)COc1ccc(C#N)cc1. The number of hydrogen-bond acceptors (Lipinski definition) is 5. The summed E-state index contributed by atoms with van der Waals surface area (Å²) in [7, 11) is 1.63. The van der Waals surface area contributed by atoms with E-state index in [1.54, 1.807) is 31.4 Å². The highest BCUT2D eigenvalue weighted by atomic mass is 16.5. The molecule has 98 valence electrons. The van der Waals surface area contributed by atoms with Gasteiger partial charge >= 0.3 is 0 Å². The molecular weight excluding hydrogens is 232 g/mol. The lowest BCUT2D eigenvalue weighted by atomic mass is 10.2. The van der Waals surface area contributed by atoms with E-state index in [9.17, 15) is 5.11 Å². The van der Waals surface area contributed by atoms with Crippen LogP contribution in [0.4, 0.5) is 0 Å². The summed E-state index contributed by atoms with van der Waals surface area (Å²) in [5.41, 5.74) is 0.587. The van der Waals surface area contributed by atoms with Crippen LogP contribution in [0.25, 0.3) is 0 Å². The Balaban J connectivity index is 2.21. The largest absolute Gasteiger partial charge is 0.491 e. The number of hydrogen-bond donors (Lipinski definition) is 2. The van der Waals surface area contributed by atoms with Crippen LogP contribution in [0.2, 0.25) is 0 Å². The highest BCUT2D eigenvalue weighted by molar-refractivity contribution is 5.34. The topological polar surface area (TPSA) is 74.5 Å². The molecule has 0 saturated carbocycles. The fraction of sp³-hybridized carbons (Fsp3) is 0.462. The van der Waals surface area contributed by atoms with Crippen molar-refractivity contribution >= 4 is 0 Å². The molecule has 0 amide bonds. The molecule has 1 aromatic rings. The molecule has 5 heteroatoms. The van der Waals surface area contributed by atoms with Crippen LogP contribution >= 0.6 is 0 Å². The van der Waals surface area contributed by atoms with Gasteiger partial charge < -0.3 is 19.9 Å². The average molecular weight is 250 g/mol. The van der Waals surface area contributed by atoms with Gasteiger partial charge in [0.15, 0.2) is 0 Å². The van der Waals surface area contributed by atoms with Crippen molar-refractivity contribution in [1.82, 2.24) is 5.32 Å². The molecule has 0 aliphatic carbocycles. The molecule has 2 N–H and O–H groups in total. The van der Waals surface area contributed by atoms with Crippen molar-refractivity contribution < 1.29 is 14.6 Å². The van der Waals surface area contributed by atoms with Crippen molar-refractivity contribution in [3.05, 3.63) is 29.8 Å². The molecule has 0 aliphatic heterocycles. The molecule has 0 fully saturated rings. The Morgan fingerprint density at radius 2 is 2.11 bits per heavy atom. The maximum Gasteiger partial charge on any atom is 0.119 e. The predicted octanol–water partition coefficient (Wildman–Crippen LogP) is 0.534. The van der Waals surface area contributed by atoms with Crippen molar-refractivity contribution in [3.63, 3.8) is 0 Å². The van der Waals surface area contributed by atoms with Crippen molar-refractivity contribution in [2.45, 2.75) is 6.10 Å². The van der Waals surface area contributed by atoms with Gasteiger partial charge in [0.05, 0.1) is 18.2 Å². The number of nitrogens with one attached hydrogen (secondary N) is 1. The van der Waals surface area contributed by atoms with E-state index < -0.39 is 6.10 Å². The van der Waals surface area contributed by atoms with Gasteiger partial charge in [-0.1, -0.05) is 0 Å². The highest BCUT2D eigenvalue weighted by Crippen LogP contribution is 2.11. The first-order valence-electron chi connectivity index (χ1n) is 5.77. The van der Waals surface area contributed by atoms with Crippen LogP contribution in [0.5, 0.6) is 5.75 Å². The van der Waals surface area contributed by atoms with E-state index in [0.29, 0.717) is 31.0 Å². The Labute approximate surface area is 107 Å². The molecule has 0 spiro atoms. The van der Waals surface area contributed by atoms with Crippen molar-refractivity contribution in [3.8, 4) is 11.8 Å². The molecule has 0 aliphatic rings. The summed E-state index contributed by atoms with van der Waals surface area (Å²) in [4.78, 5) is 0. The summed E-state index contributed by atoms with van der Waals surface area (Å²) in [6.07, 6.45) is -0.572. The van der Waals surface area contributed by atoms with Gasteiger partial charge in [0.25, 0.3) is 0 Å². The zero-order valence-electron chi connectivity index (χ0n) is 10.4. The number of methoxy groups -OCH3 is 1. The molecule has 1 atom stereocenters. The summed E-state index contributed by atoms with van der Waals surface area (Å²) in [6.45, 7) is 1.99. The van der Waals surface area contributed by atoms with Gasteiger partial charge in [-0.15, -0.1) is 0 Å². The van der Waals surface area contributed by atoms with Crippen LogP contribution in [-0.2, 0) is 4.74 Å². The lowest BCUT2D eigenvalue weighted by Crippen LogP contribution is -2.33. The van der Waals surface area contributed by atoms with E-state index in [0.717, 1.165) is 0 Å². The number of nitrogens with zero attached hydrogens (tertiary/aromatic N) is 1. The second kappa shape index (κ2) is 8.48. The Morgan fingerprint density at radius 1 is 1.39 bits per heavy atom. The number of nitriles is 1. The van der Waals surface area contributed by atoms with Crippen LogP contribution in [0.3, 0.4) is 0 Å². The van der Waals surface area contributed by atoms with Gasteiger partial charge in [-0.05, 0) is 24.3 Å². The third kappa shape index (κ3) is 5.64. The van der Waals surface area contributed by atoms with Crippen LogP contribution in [-0.4, -0.2) is 44.6 Å². The molecule has 5 nitrogen and oxygen atoms in total. The summed E-state index contributed by atoms with van der Waals surface area (Å²) < 4.78 is 10.3. The van der Waals surface area contributed by atoms with Crippen molar-refractivity contribution in [2.24, 2.45) is 0 Å². The fourth-order valence-electron chi connectivity index (χ4n) is 1.32. The minimum atomic E-state index is -0.572. The quantitative estimate of drug-likeness (QED) is 0.658. The smallest absolute Gasteiger partial charge is 0.119 e. The van der Waals surface area contributed by atoms with Crippen LogP contribution < -0.4 is 10.1 Å². The first-order chi connectivity index (χ1) is 8.76. The highest BCUT2D eigenvalue weighted by Gasteiger charge is 2.04. The number of rotatable bonds is 8. The Morgan fingerprint density at radius 3 is 2.72 bits per heavy atom. The van der Waals surface area contributed by atoms with Crippen LogP contribution in [0.1, 0.15) is 5.56 Å². The second-order valence-corrected chi connectivity index (χ2v) is 3.80. The second-order valence-electron chi connectivity index (χ2n) is 3.80. The first-order valence-corrected chi connectivity index (χ1v) is 5.77. The van der Waals surface area contributed by atoms with E-state index in [1.807, 2.05) is 6.07 Å². The van der Waals surface area contributed by atoms with Gasteiger partial charge in [-0.25, -0.2) is 0 Å². The molecule has 18 heavy (non-hydrogen) atoms. The van der Waals surface area contributed by atoms with E-state index in [4.69, 9.17) is 14.7 Å². The zero-order valence-corrected chi connectivity index (χ0v) is 10.4. The van der Waals surface area contributed by atoms with Crippen molar-refractivity contribution in [1.29, 1.82) is 5.26 Å². The summed E-state index contributed by atoms with van der Waals surface area (Å²) in [6, 6.07) is 8.81. The van der Waals surface area contributed by atoms with Gasteiger partial charge in [-0.2, -0.15) is 5.26 Å². The molecule has 1 rings (SSSR count). The van der Waals surface area contributed by atoms with Gasteiger partial charge in [0.1, 0.15) is 18.5 Å². The van der Waals surface area contributed by atoms with Crippen LogP contribution in [0.15, 0.2) is 24.3 Å². The molecular formula is C13H18N2O3. The minimum Gasteiger partial charge on any atom is -0.491 e. The Kier molecular flexibility index (Phi) is 6.81. The van der Waals surface area contributed by atoms with Crippen molar-refractivity contribution in [2.75, 3.05) is 33.4 Å². The normalized spacial score (nSPS) is 11.8. The molecule has 0 radical (unpaired) electrons. The van der Waals surface area contributed by atoms with E-state index in [-0.39, 0.29) is 6.61 Å². The lowest BCUT2D eigenvalue weighted by Gasteiger charge is -2.13.